The zero-order chi connectivity index (χ0) is 14.9. The first kappa shape index (κ1) is 13.7. The predicted molar refractivity (Wildman–Crippen MR) is 83.7 cm³/mol. The third-order valence-corrected chi connectivity index (χ3v) is 4.51. The zero-order valence-electron chi connectivity index (χ0n) is 12.6. The summed E-state index contributed by atoms with van der Waals surface area (Å²) in [5, 5.41) is 13.3. The molecule has 2 atom stereocenters. The summed E-state index contributed by atoms with van der Waals surface area (Å²) in [7, 11) is 1.73. The molecule has 0 spiro atoms. The van der Waals surface area contributed by atoms with Crippen LogP contribution in [0.5, 0.6) is 0 Å². The van der Waals surface area contributed by atoms with Crippen LogP contribution in [0.3, 0.4) is 0 Å². The lowest BCUT2D eigenvalue weighted by Gasteiger charge is -2.14. The lowest BCUT2D eigenvalue weighted by atomic mass is 10.2. The van der Waals surface area contributed by atoms with Gasteiger partial charge in [-0.3, -0.25) is 0 Å². The second-order valence-electron chi connectivity index (χ2n) is 5.88. The highest BCUT2D eigenvalue weighted by Gasteiger charge is 2.28. The van der Waals surface area contributed by atoms with E-state index in [-0.39, 0.29) is 0 Å². The van der Waals surface area contributed by atoms with E-state index in [1.807, 2.05) is 12.3 Å². The molecule has 4 rings (SSSR count). The van der Waals surface area contributed by atoms with Crippen LogP contribution in [-0.2, 0) is 4.74 Å². The first-order valence-electron chi connectivity index (χ1n) is 7.76. The maximum Gasteiger partial charge on any atom is 0.139 e. The van der Waals surface area contributed by atoms with Gasteiger partial charge in [-0.15, -0.1) is 5.10 Å². The van der Waals surface area contributed by atoms with E-state index in [9.17, 15) is 0 Å². The fourth-order valence-corrected chi connectivity index (χ4v) is 3.42. The van der Waals surface area contributed by atoms with E-state index in [0.29, 0.717) is 12.1 Å². The molecule has 116 valence electrons. The van der Waals surface area contributed by atoms with Crippen molar-refractivity contribution in [3.63, 3.8) is 0 Å². The van der Waals surface area contributed by atoms with Crippen molar-refractivity contribution in [1.29, 1.82) is 0 Å². The molecule has 0 saturated heterocycles. The van der Waals surface area contributed by atoms with Gasteiger partial charge in [-0.05, 0) is 25.3 Å². The standard InChI is InChI=1S/C15H20N6O/c1-22-7-6-16-10-2-3-11(8-10)21-14-12-4-5-17-15(12)18-9-13(14)19-20-21/h4-5,9-11,16H,2-3,6-8H2,1H3,(H,17,18). The SMILES string of the molecule is COCCNC1CCC(n2nnc3cnc4[nH]ccc4c32)C1. The Kier molecular flexibility index (Phi) is 3.51. The lowest BCUT2D eigenvalue weighted by molar-refractivity contribution is 0.195. The Bertz CT molecular complexity index is 779. The molecule has 0 amide bonds. The van der Waals surface area contributed by atoms with E-state index in [4.69, 9.17) is 4.74 Å². The van der Waals surface area contributed by atoms with Gasteiger partial charge in [-0.1, -0.05) is 5.21 Å². The maximum absolute atomic E-state index is 5.10. The van der Waals surface area contributed by atoms with Crippen LogP contribution in [0.2, 0.25) is 0 Å². The summed E-state index contributed by atoms with van der Waals surface area (Å²) in [6, 6.07) is 2.97. The number of rotatable bonds is 5. The molecule has 7 nitrogen and oxygen atoms in total. The molecule has 7 heteroatoms. The summed E-state index contributed by atoms with van der Waals surface area (Å²) in [4.78, 5) is 7.53. The van der Waals surface area contributed by atoms with Crippen LogP contribution in [0.25, 0.3) is 22.1 Å². The van der Waals surface area contributed by atoms with Gasteiger partial charge in [0.05, 0.1) is 18.8 Å². The molecule has 0 bridgehead atoms. The molecule has 2 N–H and O–H groups in total. The van der Waals surface area contributed by atoms with E-state index in [2.05, 4.69) is 30.3 Å². The minimum Gasteiger partial charge on any atom is -0.383 e. The topological polar surface area (TPSA) is 80.7 Å². The summed E-state index contributed by atoms with van der Waals surface area (Å²) in [6.07, 6.45) is 7.07. The molecule has 1 fully saturated rings. The molecule has 0 radical (unpaired) electrons. The fourth-order valence-electron chi connectivity index (χ4n) is 3.42. The minimum absolute atomic E-state index is 0.394. The number of H-pyrrole nitrogens is 1. The van der Waals surface area contributed by atoms with Gasteiger partial charge in [0, 0.05) is 31.3 Å². The van der Waals surface area contributed by atoms with Crippen LogP contribution in [0.1, 0.15) is 25.3 Å². The molecule has 1 saturated carbocycles. The first-order chi connectivity index (χ1) is 10.9. The van der Waals surface area contributed by atoms with Crippen molar-refractivity contribution in [1.82, 2.24) is 30.3 Å². The number of aromatic nitrogens is 5. The fraction of sp³-hybridized carbons (Fsp3) is 0.533. The molecule has 3 aromatic heterocycles. The van der Waals surface area contributed by atoms with Crippen molar-refractivity contribution < 1.29 is 4.74 Å². The zero-order valence-corrected chi connectivity index (χ0v) is 12.6. The van der Waals surface area contributed by atoms with E-state index in [1.54, 1.807) is 13.3 Å². The van der Waals surface area contributed by atoms with Crippen molar-refractivity contribution in [3.05, 3.63) is 18.5 Å². The third-order valence-electron chi connectivity index (χ3n) is 4.51. The second-order valence-corrected chi connectivity index (χ2v) is 5.88. The van der Waals surface area contributed by atoms with Gasteiger partial charge in [0.2, 0.25) is 0 Å². The number of nitrogens with zero attached hydrogens (tertiary/aromatic N) is 4. The smallest absolute Gasteiger partial charge is 0.139 e. The second kappa shape index (κ2) is 5.66. The molecule has 1 aliphatic carbocycles. The Morgan fingerprint density at radius 3 is 3.32 bits per heavy atom. The molecule has 2 unspecified atom stereocenters. The van der Waals surface area contributed by atoms with Gasteiger partial charge in [-0.2, -0.15) is 0 Å². The summed E-state index contributed by atoms with van der Waals surface area (Å²) in [6.45, 7) is 1.65. The monoisotopic (exact) mass is 300 g/mol. The molecule has 22 heavy (non-hydrogen) atoms. The van der Waals surface area contributed by atoms with Gasteiger partial charge < -0.3 is 15.0 Å². The van der Waals surface area contributed by atoms with Crippen molar-refractivity contribution in [3.8, 4) is 0 Å². The van der Waals surface area contributed by atoms with E-state index in [0.717, 1.165) is 54.5 Å². The first-order valence-corrected chi connectivity index (χ1v) is 7.76. The third kappa shape index (κ3) is 2.26. The van der Waals surface area contributed by atoms with Crippen LogP contribution < -0.4 is 5.32 Å². The van der Waals surface area contributed by atoms with Crippen LogP contribution in [0.15, 0.2) is 18.5 Å². The van der Waals surface area contributed by atoms with Crippen LogP contribution >= 0.6 is 0 Å². The van der Waals surface area contributed by atoms with E-state index in [1.165, 1.54) is 0 Å². The van der Waals surface area contributed by atoms with Crippen LogP contribution in [-0.4, -0.2) is 51.3 Å². The molecule has 3 aromatic rings. The van der Waals surface area contributed by atoms with Crippen molar-refractivity contribution >= 4 is 22.1 Å². The summed E-state index contributed by atoms with van der Waals surface area (Å²) < 4.78 is 7.19. The highest BCUT2D eigenvalue weighted by Crippen LogP contribution is 2.33. The van der Waals surface area contributed by atoms with Crippen molar-refractivity contribution in [2.24, 2.45) is 0 Å². The Balaban J connectivity index is 1.60. The highest BCUT2D eigenvalue weighted by atomic mass is 16.5. The molecular weight excluding hydrogens is 280 g/mol. The van der Waals surface area contributed by atoms with Gasteiger partial charge in [0.15, 0.2) is 0 Å². The molecule has 0 aliphatic heterocycles. The summed E-state index contributed by atoms with van der Waals surface area (Å²) in [5.41, 5.74) is 2.85. The Morgan fingerprint density at radius 2 is 2.41 bits per heavy atom. The quantitative estimate of drug-likeness (QED) is 0.700. The Labute approximate surface area is 128 Å². The summed E-state index contributed by atoms with van der Waals surface area (Å²) in [5.74, 6) is 0. The van der Waals surface area contributed by atoms with Gasteiger partial charge in [0.25, 0.3) is 0 Å². The molecule has 3 heterocycles. The van der Waals surface area contributed by atoms with E-state index < -0.39 is 0 Å². The minimum atomic E-state index is 0.394. The van der Waals surface area contributed by atoms with Crippen LogP contribution in [0.4, 0.5) is 0 Å². The van der Waals surface area contributed by atoms with Crippen molar-refractivity contribution in [2.45, 2.75) is 31.3 Å². The largest absolute Gasteiger partial charge is 0.383 e. The lowest BCUT2D eigenvalue weighted by Crippen LogP contribution is -2.29. The maximum atomic E-state index is 5.10. The Hall–Kier alpha value is -1.99. The predicted octanol–water partition coefficient (Wildman–Crippen LogP) is 1.64. The number of methoxy groups -OCH3 is 1. The molecule has 1 aliphatic rings. The number of hydrogen-bond donors (Lipinski definition) is 2. The normalized spacial score (nSPS) is 22.0. The number of hydrogen-bond acceptors (Lipinski definition) is 5. The van der Waals surface area contributed by atoms with Gasteiger partial charge in [0.1, 0.15) is 16.7 Å². The highest BCUT2D eigenvalue weighted by molar-refractivity contribution is 6.00. The summed E-state index contributed by atoms with van der Waals surface area (Å²) >= 11 is 0. The number of ether oxygens (including phenoxy) is 1. The van der Waals surface area contributed by atoms with Gasteiger partial charge >= 0.3 is 0 Å². The number of nitrogens with one attached hydrogen (secondary N) is 2. The van der Waals surface area contributed by atoms with E-state index >= 15 is 0 Å². The average molecular weight is 300 g/mol. The number of pyridine rings is 1. The average Bonchev–Trinajstić information content (AvgIpc) is 3.25. The van der Waals surface area contributed by atoms with Gasteiger partial charge in [-0.25, -0.2) is 9.67 Å². The Morgan fingerprint density at radius 1 is 1.45 bits per heavy atom. The molecule has 0 aromatic carbocycles. The molecular formula is C15H20N6O. The van der Waals surface area contributed by atoms with Crippen molar-refractivity contribution in [2.75, 3.05) is 20.3 Å². The number of aromatic amines is 1. The number of fused-ring (bicyclic) bond motifs is 3. The van der Waals surface area contributed by atoms with Crippen LogP contribution in [0, 0.1) is 0 Å².